The first-order valence-corrected chi connectivity index (χ1v) is 6.02. The highest BCUT2D eigenvalue weighted by Gasteiger charge is 2.41. The molecular weight excluding hydrogens is 250 g/mol. The van der Waals surface area contributed by atoms with Gasteiger partial charge in [0.2, 0.25) is 0 Å². The van der Waals surface area contributed by atoms with E-state index in [-0.39, 0.29) is 25.7 Å². The lowest BCUT2D eigenvalue weighted by molar-refractivity contribution is -0.142. The van der Waals surface area contributed by atoms with Crippen LogP contribution in [0.25, 0.3) is 0 Å². The zero-order chi connectivity index (χ0) is 14.6. The molecule has 1 N–H and O–H groups in total. The second-order valence-corrected chi connectivity index (χ2v) is 5.36. The van der Waals surface area contributed by atoms with Crippen LogP contribution < -0.4 is 0 Å². The van der Waals surface area contributed by atoms with Crippen molar-refractivity contribution in [3.63, 3.8) is 0 Å². The highest BCUT2D eigenvalue weighted by atomic mass is 16.6. The standard InChI is InChI=1S/C13H19NO5/c1-5-6-18-9-7-10(11(15)16)14(8-9)12(17)19-13(2,3)4/h1,9-10H,6-8H2,2-4H3,(H,15,16)/t9-,10-/m1/s1. The van der Waals surface area contributed by atoms with E-state index in [1.54, 1.807) is 20.8 Å². The number of hydrogen-bond donors (Lipinski definition) is 1. The summed E-state index contributed by atoms with van der Waals surface area (Å²) >= 11 is 0. The summed E-state index contributed by atoms with van der Waals surface area (Å²) in [5.74, 6) is 1.25. The zero-order valence-corrected chi connectivity index (χ0v) is 11.4. The molecule has 1 rings (SSSR count). The van der Waals surface area contributed by atoms with Gasteiger partial charge in [0.25, 0.3) is 0 Å². The summed E-state index contributed by atoms with van der Waals surface area (Å²) in [4.78, 5) is 24.3. The van der Waals surface area contributed by atoms with Gasteiger partial charge in [-0.15, -0.1) is 6.42 Å². The largest absolute Gasteiger partial charge is 0.480 e. The van der Waals surface area contributed by atoms with E-state index in [2.05, 4.69) is 5.92 Å². The van der Waals surface area contributed by atoms with Crippen molar-refractivity contribution in [1.82, 2.24) is 4.90 Å². The summed E-state index contributed by atoms with van der Waals surface area (Å²) in [6, 6.07) is -0.933. The van der Waals surface area contributed by atoms with Crippen LogP contribution in [0, 0.1) is 12.3 Å². The van der Waals surface area contributed by atoms with Gasteiger partial charge < -0.3 is 14.6 Å². The van der Waals surface area contributed by atoms with E-state index in [1.165, 1.54) is 4.90 Å². The van der Waals surface area contributed by atoms with Gasteiger partial charge in [0, 0.05) is 6.42 Å². The van der Waals surface area contributed by atoms with Crippen LogP contribution in [0.3, 0.4) is 0 Å². The third-order valence-corrected chi connectivity index (χ3v) is 2.58. The Morgan fingerprint density at radius 1 is 1.47 bits per heavy atom. The SMILES string of the molecule is C#CCO[C@@H]1C[C@H](C(=O)O)N(C(=O)OC(C)(C)C)C1. The van der Waals surface area contributed by atoms with Crippen LogP contribution in [0.2, 0.25) is 0 Å². The maximum atomic E-state index is 11.9. The topological polar surface area (TPSA) is 76.1 Å². The van der Waals surface area contributed by atoms with Gasteiger partial charge in [-0.3, -0.25) is 4.90 Å². The fourth-order valence-corrected chi connectivity index (χ4v) is 1.84. The Kier molecular flexibility index (Phi) is 4.78. The molecule has 0 aromatic heterocycles. The van der Waals surface area contributed by atoms with Crippen molar-refractivity contribution in [2.45, 2.75) is 44.9 Å². The molecule has 1 saturated heterocycles. The van der Waals surface area contributed by atoms with E-state index in [1.807, 2.05) is 0 Å². The third kappa shape index (κ3) is 4.45. The molecule has 19 heavy (non-hydrogen) atoms. The number of rotatable bonds is 3. The van der Waals surface area contributed by atoms with Crippen molar-refractivity contribution in [2.75, 3.05) is 13.2 Å². The maximum absolute atomic E-state index is 11.9. The van der Waals surface area contributed by atoms with Crippen LogP contribution >= 0.6 is 0 Å². The molecule has 0 aromatic carbocycles. The maximum Gasteiger partial charge on any atom is 0.411 e. The molecule has 1 aliphatic heterocycles. The van der Waals surface area contributed by atoms with Crippen molar-refractivity contribution >= 4 is 12.1 Å². The average Bonchev–Trinajstić information content (AvgIpc) is 2.68. The number of ether oxygens (including phenoxy) is 2. The van der Waals surface area contributed by atoms with E-state index in [0.29, 0.717) is 0 Å². The lowest BCUT2D eigenvalue weighted by Gasteiger charge is -2.26. The van der Waals surface area contributed by atoms with Crippen molar-refractivity contribution < 1.29 is 24.2 Å². The first-order valence-electron chi connectivity index (χ1n) is 6.02. The van der Waals surface area contributed by atoms with Crippen molar-refractivity contribution in [1.29, 1.82) is 0 Å². The molecule has 1 amide bonds. The minimum absolute atomic E-state index is 0.0964. The number of nitrogens with zero attached hydrogens (tertiary/aromatic N) is 1. The van der Waals surface area contributed by atoms with Crippen LogP contribution in [0.5, 0.6) is 0 Å². The Bertz CT molecular complexity index is 393. The third-order valence-electron chi connectivity index (χ3n) is 2.58. The minimum atomic E-state index is -1.07. The molecule has 0 unspecified atom stereocenters. The highest BCUT2D eigenvalue weighted by molar-refractivity contribution is 5.81. The van der Waals surface area contributed by atoms with Gasteiger partial charge in [-0.25, -0.2) is 9.59 Å². The number of carbonyl (C=O) groups excluding carboxylic acids is 1. The van der Waals surface area contributed by atoms with Gasteiger partial charge in [-0.1, -0.05) is 5.92 Å². The van der Waals surface area contributed by atoms with Crippen LogP contribution in [0.1, 0.15) is 27.2 Å². The molecule has 106 valence electrons. The molecule has 1 aliphatic rings. The first kappa shape index (κ1) is 15.3. The van der Waals surface area contributed by atoms with E-state index < -0.39 is 23.7 Å². The number of likely N-dealkylation sites (tertiary alicyclic amines) is 1. The second kappa shape index (κ2) is 5.93. The smallest absolute Gasteiger partial charge is 0.411 e. The monoisotopic (exact) mass is 269 g/mol. The predicted molar refractivity (Wildman–Crippen MR) is 67.6 cm³/mol. The van der Waals surface area contributed by atoms with Gasteiger partial charge in [-0.2, -0.15) is 0 Å². The summed E-state index contributed by atoms with van der Waals surface area (Å²) < 4.78 is 10.5. The highest BCUT2D eigenvalue weighted by Crippen LogP contribution is 2.23. The number of carboxylic acid groups (broad SMARTS) is 1. The fourth-order valence-electron chi connectivity index (χ4n) is 1.84. The van der Waals surface area contributed by atoms with Crippen molar-refractivity contribution in [3.05, 3.63) is 0 Å². The van der Waals surface area contributed by atoms with Crippen molar-refractivity contribution in [3.8, 4) is 12.3 Å². The van der Waals surface area contributed by atoms with Gasteiger partial charge in [0.1, 0.15) is 18.2 Å². The molecule has 6 nitrogen and oxygen atoms in total. The Morgan fingerprint density at radius 2 is 2.11 bits per heavy atom. The fraction of sp³-hybridized carbons (Fsp3) is 0.692. The molecule has 0 spiro atoms. The van der Waals surface area contributed by atoms with E-state index in [9.17, 15) is 9.59 Å². The summed E-state index contributed by atoms with van der Waals surface area (Å²) in [5.41, 5.74) is -0.669. The lowest BCUT2D eigenvalue weighted by Crippen LogP contribution is -2.43. The van der Waals surface area contributed by atoms with Gasteiger partial charge in [0.05, 0.1) is 12.6 Å². The average molecular weight is 269 g/mol. The Labute approximate surface area is 112 Å². The Hall–Kier alpha value is -1.74. The molecule has 0 bridgehead atoms. The molecule has 1 fully saturated rings. The molecule has 6 heteroatoms. The number of carbonyl (C=O) groups is 2. The molecular formula is C13H19NO5. The van der Waals surface area contributed by atoms with Gasteiger partial charge in [-0.05, 0) is 20.8 Å². The van der Waals surface area contributed by atoms with Gasteiger partial charge in [0.15, 0.2) is 0 Å². The summed E-state index contributed by atoms with van der Waals surface area (Å²) in [6.07, 6.45) is 4.28. The zero-order valence-electron chi connectivity index (χ0n) is 11.4. The van der Waals surface area contributed by atoms with E-state index in [0.717, 1.165) is 0 Å². The predicted octanol–water partition coefficient (Wildman–Crippen LogP) is 1.10. The van der Waals surface area contributed by atoms with Gasteiger partial charge >= 0.3 is 12.1 Å². The van der Waals surface area contributed by atoms with E-state index >= 15 is 0 Å². The van der Waals surface area contributed by atoms with E-state index in [4.69, 9.17) is 21.0 Å². The Balaban J connectivity index is 2.71. The minimum Gasteiger partial charge on any atom is -0.480 e. The first-order chi connectivity index (χ1) is 8.74. The van der Waals surface area contributed by atoms with Crippen LogP contribution in [-0.2, 0) is 14.3 Å². The van der Waals surface area contributed by atoms with Crippen LogP contribution in [0.15, 0.2) is 0 Å². The summed E-state index contributed by atoms with van der Waals surface area (Å²) in [6.45, 7) is 5.45. The quantitative estimate of drug-likeness (QED) is 0.776. The normalized spacial score (nSPS) is 22.9. The number of terminal acetylenes is 1. The molecule has 0 aromatic rings. The van der Waals surface area contributed by atoms with Crippen LogP contribution in [0.4, 0.5) is 4.79 Å². The molecule has 1 heterocycles. The Morgan fingerprint density at radius 3 is 2.58 bits per heavy atom. The molecule has 0 radical (unpaired) electrons. The molecule has 2 atom stereocenters. The summed E-state index contributed by atoms with van der Waals surface area (Å²) in [7, 11) is 0. The summed E-state index contributed by atoms with van der Waals surface area (Å²) in [5, 5.41) is 9.13. The molecule has 0 aliphatic carbocycles. The number of aliphatic carboxylic acids is 1. The molecule has 0 saturated carbocycles. The number of carboxylic acids is 1. The lowest BCUT2D eigenvalue weighted by atomic mass is 10.2. The van der Waals surface area contributed by atoms with Crippen LogP contribution in [-0.4, -0.2) is 53.0 Å². The number of hydrogen-bond acceptors (Lipinski definition) is 4. The van der Waals surface area contributed by atoms with Crippen molar-refractivity contribution in [2.24, 2.45) is 0 Å². The number of amides is 1. The second-order valence-electron chi connectivity index (χ2n) is 5.36.